The van der Waals surface area contributed by atoms with Crippen LogP contribution in [0.5, 0.6) is 5.75 Å². The van der Waals surface area contributed by atoms with Gasteiger partial charge in [0.25, 0.3) is 5.56 Å². The van der Waals surface area contributed by atoms with Crippen molar-refractivity contribution in [3.05, 3.63) is 70.3 Å². The van der Waals surface area contributed by atoms with Crippen molar-refractivity contribution in [2.24, 2.45) is 0 Å². The van der Waals surface area contributed by atoms with Crippen LogP contribution in [0.1, 0.15) is 11.4 Å². The SMILES string of the molecule is COc1cccc(CN2CCc3nc4ccccc4c(=O)n3CC2)c1. The van der Waals surface area contributed by atoms with E-state index < -0.39 is 0 Å². The molecular weight excluding hydrogens is 314 g/mol. The van der Waals surface area contributed by atoms with E-state index in [1.165, 1.54) is 5.56 Å². The molecule has 2 heterocycles. The Morgan fingerprint density at radius 1 is 1.08 bits per heavy atom. The molecule has 3 aromatic rings. The summed E-state index contributed by atoms with van der Waals surface area (Å²) in [5, 5.41) is 0.701. The van der Waals surface area contributed by atoms with Gasteiger partial charge in [0.1, 0.15) is 11.6 Å². The Morgan fingerprint density at radius 3 is 2.84 bits per heavy atom. The number of hydrogen-bond acceptors (Lipinski definition) is 4. The molecule has 25 heavy (non-hydrogen) atoms. The van der Waals surface area contributed by atoms with E-state index in [0.717, 1.165) is 43.1 Å². The first-order valence-corrected chi connectivity index (χ1v) is 8.58. The van der Waals surface area contributed by atoms with Gasteiger partial charge >= 0.3 is 0 Å². The molecule has 1 aliphatic rings. The number of rotatable bonds is 3. The van der Waals surface area contributed by atoms with Crippen LogP contribution in [-0.2, 0) is 19.5 Å². The fraction of sp³-hybridized carbons (Fsp3) is 0.300. The van der Waals surface area contributed by atoms with Crippen LogP contribution in [0.3, 0.4) is 0 Å². The Hall–Kier alpha value is -2.66. The zero-order valence-electron chi connectivity index (χ0n) is 14.3. The molecule has 0 bridgehead atoms. The van der Waals surface area contributed by atoms with Crippen LogP contribution in [0, 0.1) is 0 Å². The molecule has 0 saturated carbocycles. The highest BCUT2D eigenvalue weighted by atomic mass is 16.5. The Balaban J connectivity index is 1.58. The van der Waals surface area contributed by atoms with Crippen molar-refractivity contribution in [3.63, 3.8) is 0 Å². The summed E-state index contributed by atoms with van der Waals surface area (Å²) in [4.78, 5) is 19.9. The van der Waals surface area contributed by atoms with Gasteiger partial charge in [0.2, 0.25) is 0 Å². The second-order valence-corrected chi connectivity index (χ2v) is 6.38. The second-order valence-electron chi connectivity index (χ2n) is 6.38. The highest BCUT2D eigenvalue weighted by molar-refractivity contribution is 5.77. The summed E-state index contributed by atoms with van der Waals surface area (Å²) in [5.74, 6) is 1.76. The van der Waals surface area contributed by atoms with Gasteiger partial charge in [0, 0.05) is 32.6 Å². The summed E-state index contributed by atoms with van der Waals surface area (Å²) >= 11 is 0. The maximum atomic E-state index is 12.8. The lowest BCUT2D eigenvalue weighted by Crippen LogP contribution is -2.28. The van der Waals surface area contributed by atoms with Gasteiger partial charge in [-0.2, -0.15) is 0 Å². The molecule has 0 radical (unpaired) electrons. The minimum Gasteiger partial charge on any atom is -0.497 e. The lowest BCUT2D eigenvalue weighted by molar-refractivity contribution is 0.271. The van der Waals surface area contributed by atoms with Crippen molar-refractivity contribution in [2.45, 2.75) is 19.5 Å². The molecule has 0 N–H and O–H groups in total. The van der Waals surface area contributed by atoms with E-state index >= 15 is 0 Å². The Labute approximate surface area is 146 Å². The molecule has 0 fully saturated rings. The van der Waals surface area contributed by atoms with Crippen LogP contribution in [0.4, 0.5) is 0 Å². The minimum absolute atomic E-state index is 0.0730. The largest absolute Gasteiger partial charge is 0.497 e. The molecule has 1 aliphatic heterocycles. The minimum atomic E-state index is 0.0730. The highest BCUT2D eigenvalue weighted by Gasteiger charge is 2.17. The second kappa shape index (κ2) is 6.69. The molecule has 5 nitrogen and oxygen atoms in total. The van der Waals surface area contributed by atoms with Gasteiger partial charge in [-0.15, -0.1) is 0 Å². The van der Waals surface area contributed by atoms with Crippen molar-refractivity contribution < 1.29 is 4.74 Å². The van der Waals surface area contributed by atoms with Crippen LogP contribution in [0.2, 0.25) is 0 Å². The summed E-state index contributed by atoms with van der Waals surface area (Å²) in [6, 6.07) is 15.7. The lowest BCUT2D eigenvalue weighted by Gasteiger charge is -2.19. The predicted octanol–water partition coefficient (Wildman–Crippen LogP) is 2.46. The van der Waals surface area contributed by atoms with Gasteiger partial charge in [-0.25, -0.2) is 4.98 Å². The molecule has 4 rings (SSSR count). The Kier molecular flexibility index (Phi) is 4.24. The molecule has 0 saturated heterocycles. The Bertz CT molecular complexity index is 965. The van der Waals surface area contributed by atoms with Crippen molar-refractivity contribution in [3.8, 4) is 5.75 Å². The van der Waals surface area contributed by atoms with Crippen molar-refractivity contribution >= 4 is 10.9 Å². The summed E-state index contributed by atoms with van der Waals surface area (Å²) < 4.78 is 7.15. The first-order chi connectivity index (χ1) is 12.2. The van der Waals surface area contributed by atoms with E-state index in [4.69, 9.17) is 9.72 Å². The molecule has 0 spiro atoms. The van der Waals surface area contributed by atoms with E-state index in [2.05, 4.69) is 17.0 Å². The maximum Gasteiger partial charge on any atom is 0.261 e. The first kappa shape index (κ1) is 15.8. The third kappa shape index (κ3) is 3.15. The molecule has 0 amide bonds. The van der Waals surface area contributed by atoms with Crippen LogP contribution < -0.4 is 10.3 Å². The summed E-state index contributed by atoms with van der Waals surface area (Å²) in [7, 11) is 1.68. The average molecular weight is 335 g/mol. The number of ether oxygens (including phenoxy) is 1. The molecule has 0 unspecified atom stereocenters. The quantitative estimate of drug-likeness (QED) is 0.738. The molecule has 5 heteroatoms. The van der Waals surface area contributed by atoms with Gasteiger partial charge in [-0.1, -0.05) is 24.3 Å². The standard InChI is InChI=1S/C20H21N3O2/c1-25-16-6-4-5-15(13-16)14-22-10-9-19-21-18-8-3-2-7-17(18)20(24)23(19)12-11-22/h2-8,13H,9-12,14H2,1H3. The Morgan fingerprint density at radius 2 is 1.96 bits per heavy atom. The molecule has 2 aromatic carbocycles. The normalized spacial score (nSPS) is 14.9. The zero-order valence-corrected chi connectivity index (χ0v) is 14.3. The summed E-state index contributed by atoms with van der Waals surface area (Å²) in [6.45, 7) is 3.25. The first-order valence-electron chi connectivity index (χ1n) is 8.58. The van der Waals surface area contributed by atoms with Gasteiger partial charge in [-0.3, -0.25) is 14.3 Å². The van der Waals surface area contributed by atoms with E-state index in [0.29, 0.717) is 11.9 Å². The summed E-state index contributed by atoms with van der Waals surface area (Å²) in [6.07, 6.45) is 0.782. The number of hydrogen-bond donors (Lipinski definition) is 0. The molecular formula is C20H21N3O2. The monoisotopic (exact) mass is 335 g/mol. The van der Waals surface area contributed by atoms with Crippen LogP contribution >= 0.6 is 0 Å². The predicted molar refractivity (Wildman–Crippen MR) is 98.0 cm³/mol. The van der Waals surface area contributed by atoms with Crippen molar-refractivity contribution in [2.75, 3.05) is 20.2 Å². The molecule has 0 atom stereocenters. The number of para-hydroxylation sites is 1. The third-order valence-corrected chi connectivity index (χ3v) is 4.77. The molecule has 1 aromatic heterocycles. The molecule has 128 valence electrons. The van der Waals surface area contributed by atoms with Gasteiger partial charge in [-0.05, 0) is 29.8 Å². The van der Waals surface area contributed by atoms with Crippen LogP contribution in [0.15, 0.2) is 53.3 Å². The van der Waals surface area contributed by atoms with E-state index in [1.54, 1.807) is 7.11 Å². The fourth-order valence-corrected chi connectivity index (χ4v) is 3.43. The van der Waals surface area contributed by atoms with E-state index in [1.807, 2.05) is 41.0 Å². The van der Waals surface area contributed by atoms with Gasteiger partial charge < -0.3 is 4.74 Å². The van der Waals surface area contributed by atoms with Crippen LogP contribution in [0.25, 0.3) is 10.9 Å². The maximum absolute atomic E-state index is 12.8. The summed E-state index contributed by atoms with van der Waals surface area (Å²) in [5.41, 5.74) is 2.08. The number of nitrogens with zero attached hydrogens (tertiary/aromatic N) is 3. The zero-order chi connectivity index (χ0) is 17.2. The third-order valence-electron chi connectivity index (χ3n) is 4.77. The van der Waals surface area contributed by atoms with Crippen LogP contribution in [-0.4, -0.2) is 34.7 Å². The van der Waals surface area contributed by atoms with Gasteiger partial charge in [0.05, 0.1) is 18.0 Å². The number of fused-ring (bicyclic) bond motifs is 2. The number of benzene rings is 2. The average Bonchev–Trinajstić information content (AvgIpc) is 2.85. The van der Waals surface area contributed by atoms with Crippen molar-refractivity contribution in [1.29, 1.82) is 0 Å². The topological polar surface area (TPSA) is 47.4 Å². The molecule has 0 aliphatic carbocycles. The number of methoxy groups -OCH3 is 1. The highest BCUT2D eigenvalue weighted by Crippen LogP contribution is 2.16. The van der Waals surface area contributed by atoms with E-state index in [9.17, 15) is 4.79 Å². The fourth-order valence-electron chi connectivity index (χ4n) is 3.43. The van der Waals surface area contributed by atoms with E-state index in [-0.39, 0.29) is 5.56 Å². The smallest absolute Gasteiger partial charge is 0.261 e. The number of aromatic nitrogens is 2. The lowest BCUT2D eigenvalue weighted by atomic mass is 10.2. The van der Waals surface area contributed by atoms with Gasteiger partial charge in [0.15, 0.2) is 0 Å². The van der Waals surface area contributed by atoms with Crippen molar-refractivity contribution in [1.82, 2.24) is 14.5 Å².